The van der Waals surface area contributed by atoms with Crippen LogP contribution < -0.4 is 5.32 Å². The molecule has 1 N–H and O–H groups in total. The van der Waals surface area contributed by atoms with Crippen molar-refractivity contribution in [3.8, 4) is 0 Å². The molecule has 1 saturated carbocycles. The van der Waals surface area contributed by atoms with Gasteiger partial charge in [-0.05, 0) is 43.9 Å². The van der Waals surface area contributed by atoms with Gasteiger partial charge in [-0.15, -0.1) is 11.6 Å². The van der Waals surface area contributed by atoms with Crippen LogP contribution in [0.3, 0.4) is 0 Å². The van der Waals surface area contributed by atoms with Crippen molar-refractivity contribution < 1.29 is 4.79 Å². The van der Waals surface area contributed by atoms with Crippen molar-refractivity contribution in [1.29, 1.82) is 0 Å². The van der Waals surface area contributed by atoms with E-state index < -0.39 is 0 Å². The minimum absolute atomic E-state index is 0.0541. The van der Waals surface area contributed by atoms with Crippen LogP contribution in [0.1, 0.15) is 35.2 Å². The van der Waals surface area contributed by atoms with E-state index >= 15 is 0 Å². The van der Waals surface area contributed by atoms with Crippen LogP contribution >= 0.6 is 23.2 Å². The largest absolute Gasteiger partial charge is 0.348 e. The maximum absolute atomic E-state index is 12.1. The summed E-state index contributed by atoms with van der Waals surface area (Å²) < 4.78 is 0. The van der Waals surface area contributed by atoms with Crippen LogP contribution in [0.4, 0.5) is 0 Å². The molecule has 1 aromatic rings. The predicted octanol–water partition coefficient (Wildman–Crippen LogP) is 3.54. The van der Waals surface area contributed by atoms with Crippen molar-refractivity contribution in [2.75, 3.05) is 0 Å². The highest BCUT2D eigenvalue weighted by Gasteiger charge is 2.27. The van der Waals surface area contributed by atoms with E-state index in [1.807, 2.05) is 13.0 Å². The summed E-state index contributed by atoms with van der Waals surface area (Å²) in [4.78, 5) is 12.1. The molecule has 17 heavy (non-hydrogen) atoms. The highest BCUT2D eigenvalue weighted by Crippen LogP contribution is 2.24. The quantitative estimate of drug-likeness (QED) is 0.820. The standard InChI is InChI=1S/C13H15Cl2NO/c1-8-5-6-9(14)7-10(8)13(17)16-12-4-2-3-11(12)15/h5-7,11-12H,2-4H2,1H3,(H,16,17). The number of nitrogens with one attached hydrogen (secondary N) is 1. The zero-order valence-electron chi connectivity index (χ0n) is 9.67. The van der Waals surface area contributed by atoms with E-state index in [-0.39, 0.29) is 17.3 Å². The van der Waals surface area contributed by atoms with Gasteiger partial charge in [0.25, 0.3) is 5.91 Å². The van der Waals surface area contributed by atoms with Crippen molar-refractivity contribution in [1.82, 2.24) is 5.32 Å². The minimum Gasteiger partial charge on any atom is -0.348 e. The van der Waals surface area contributed by atoms with Crippen LogP contribution in [0.15, 0.2) is 18.2 Å². The fraction of sp³-hybridized carbons (Fsp3) is 0.462. The molecule has 0 radical (unpaired) electrons. The summed E-state index contributed by atoms with van der Waals surface area (Å²) in [6.07, 6.45) is 3.01. The molecule has 1 fully saturated rings. The monoisotopic (exact) mass is 271 g/mol. The van der Waals surface area contributed by atoms with E-state index in [0.29, 0.717) is 10.6 Å². The van der Waals surface area contributed by atoms with Crippen LogP contribution in [0.5, 0.6) is 0 Å². The summed E-state index contributed by atoms with van der Waals surface area (Å²) in [5.41, 5.74) is 1.56. The number of rotatable bonds is 2. The number of aryl methyl sites for hydroxylation is 1. The average Bonchev–Trinajstić information content (AvgIpc) is 2.68. The number of hydrogen-bond donors (Lipinski definition) is 1. The topological polar surface area (TPSA) is 29.1 Å². The minimum atomic E-state index is -0.0810. The summed E-state index contributed by atoms with van der Waals surface area (Å²) in [5, 5.41) is 3.62. The van der Waals surface area contributed by atoms with E-state index in [9.17, 15) is 4.79 Å². The Hall–Kier alpha value is -0.730. The fourth-order valence-electron chi connectivity index (χ4n) is 2.16. The van der Waals surface area contributed by atoms with Gasteiger partial charge in [-0.3, -0.25) is 4.79 Å². The van der Waals surface area contributed by atoms with Crippen molar-refractivity contribution in [3.63, 3.8) is 0 Å². The van der Waals surface area contributed by atoms with Gasteiger partial charge >= 0.3 is 0 Å². The normalized spacial score (nSPS) is 23.7. The molecule has 2 nitrogen and oxygen atoms in total. The number of amides is 1. The summed E-state index contributed by atoms with van der Waals surface area (Å²) in [6, 6.07) is 5.42. The highest BCUT2D eigenvalue weighted by molar-refractivity contribution is 6.31. The summed E-state index contributed by atoms with van der Waals surface area (Å²) in [5.74, 6) is -0.0810. The molecule has 1 aliphatic rings. The fourth-order valence-corrected chi connectivity index (χ4v) is 2.68. The summed E-state index contributed by atoms with van der Waals surface area (Å²) in [7, 11) is 0. The van der Waals surface area contributed by atoms with E-state index in [1.165, 1.54) is 0 Å². The van der Waals surface area contributed by atoms with Gasteiger partial charge in [0.05, 0.1) is 5.38 Å². The molecule has 0 heterocycles. The Bertz CT molecular complexity index is 433. The van der Waals surface area contributed by atoms with Gasteiger partial charge in [-0.1, -0.05) is 17.7 Å². The van der Waals surface area contributed by atoms with Gasteiger partial charge < -0.3 is 5.32 Å². The molecule has 0 bridgehead atoms. The first-order chi connectivity index (χ1) is 8.08. The highest BCUT2D eigenvalue weighted by atomic mass is 35.5. The number of benzene rings is 1. The van der Waals surface area contributed by atoms with E-state index in [1.54, 1.807) is 12.1 Å². The summed E-state index contributed by atoms with van der Waals surface area (Å²) >= 11 is 12.0. The lowest BCUT2D eigenvalue weighted by Crippen LogP contribution is -2.38. The zero-order chi connectivity index (χ0) is 12.4. The second-order valence-corrected chi connectivity index (χ2v) is 5.48. The van der Waals surface area contributed by atoms with Crippen molar-refractivity contribution in [2.45, 2.75) is 37.6 Å². The Labute approximate surface area is 111 Å². The molecule has 92 valence electrons. The first-order valence-electron chi connectivity index (χ1n) is 5.79. The molecular weight excluding hydrogens is 257 g/mol. The smallest absolute Gasteiger partial charge is 0.251 e. The summed E-state index contributed by atoms with van der Waals surface area (Å²) in [6.45, 7) is 1.90. The number of alkyl halides is 1. The number of hydrogen-bond acceptors (Lipinski definition) is 1. The molecule has 2 atom stereocenters. The first-order valence-corrected chi connectivity index (χ1v) is 6.60. The predicted molar refractivity (Wildman–Crippen MR) is 70.9 cm³/mol. The SMILES string of the molecule is Cc1ccc(Cl)cc1C(=O)NC1CCCC1Cl. The second-order valence-electron chi connectivity index (χ2n) is 4.49. The van der Waals surface area contributed by atoms with Crippen LogP contribution in [0.2, 0.25) is 5.02 Å². The Kier molecular flexibility index (Phi) is 3.95. The lowest BCUT2D eigenvalue weighted by atomic mass is 10.1. The number of carbonyl (C=O) groups excluding carboxylic acids is 1. The molecule has 1 aliphatic carbocycles. The second kappa shape index (κ2) is 5.28. The zero-order valence-corrected chi connectivity index (χ0v) is 11.2. The van der Waals surface area contributed by atoms with Gasteiger partial charge in [-0.25, -0.2) is 0 Å². The third kappa shape index (κ3) is 2.93. The first kappa shape index (κ1) is 12.7. The van der Waals surface area contributed by atoms with Crippen LogP contribution in [0.25, 0.3) is 0 Å². The molecule has 0 spiro atoms. The third-order valence-electron chi connectivity index (χ3n) is 3.19. The third-order valence-corrected chi connectivity index (χ3v) is 3.95. The van der Waals surface area contributed by atoms with Crippen molar-refractivity contribution >= 4 is 29.1 Å². The molecule has 1 amide bonds. The van der Waals surface area contributed by atoms with Crippen LogP contribution in [-0.4, -0.2) is 17.3 Å². The molecule has 2 unspecified atom stereocenters. The maximum Gasteiger partial charge on any atom is 0.251 e. The molecule has 2 rings (SSSR count). The van der Waals surface area contributed by atoms with E-state index in [0.717, 1.165) is 24.8 Å². The number of halogens is 2. The molecule has 1 aromatic carbocycles. The van der Waals surface area contributed by atoms with Crippen LogP contribution in [-0.2, 0) is 0 Å². The van der Waals surface area contributed by atoms with Gasteiger partial charge in [-0.2, -0.15) is 0 Å². The molecule has 0 saturated heterocycles. The maximum atomic E-state index is 12.1. The molecule has 0 aliphatic heterocycles. The van der Waals surface area contributed by atoms with E-state index in [2.05, 4.69) is 5.32 Å². The van der Waals surface area contributed by atoms with Crippen molar-refractivity contribution in [3.05, 3.63) is 34.3 Å². The number of carbonyl (C=O) groups is 1. The Morgan fingerprint density at radius 1 is 1.41 bits per heavy atom. The Morgan fingerprint density at radius 3 is 2.82 bits per heavy atom. The molecular formula is C13H15Cl2NO. The Balaban J connectivity index is 2.11. The van der Waals surface area contributed by atoms with Crippen LogP contribution in [0, 0.1) is 6.92 Å². The molecule has 0 aromatic heterocycles. The molecule has 4 heteroatoms. The van der Waals surface area contributed by atoms with Gasteiger partial charge in [0.15, 0.2) is 0 Å². The van der Waals surface area contributed by atoms with Gasteiger partial charge in [0.1, 0.15) is 0 Å². The average molecular weight is 272 g/mol. The van der Waals surface area contributed by atoms with Gasteiger partial charge in [0.2, 0.25) is 0 Å². The lowest BCUT2D eigenvalue weighted by molar-refractivity contribution is 0.0937. The lowest BCUT2D eigenvalue weighted by Gasteiger charge is -2.16. The van der Waals surface area contributed by atoms with E-state index in [4.69, 9.17) is 23.2 Å². The van der Waals surface area contributed by atoms with Crippen molar-refractivity contribution in [2.24, 2.45) is 0 Å². The van der Waals surface area contributed by atoms with Gasteiger partial charge in [0, 0.05) is 16.6 Å². The Morgan fingerprint density at radius 2 is 2.18 bits per heavy atom.